The normalized spacial score (nSPS) is 25.8. The van der Waals surface area contributed by atoms with Gasteiger partial charge in [-0.2, -0.15) is 0 Å². The van der Waals surface area contributed by atoms with Crippen LogP contribution < -0.4 is 4.90 Å². The van der Waals surface area contributed by atoms with E-state index in [4.69, 9.17) is 4.74 Å². The third-order valence-corrected chi connectivity index (χ3v) is 3.46. The number of aromatic nitrogens is 2. The van der Waals surface area contributed by atoms with Gasteiger partial charge in [-0.15, -0.1) is 0 Å². The molecule has 2 rings (SSSR count). The molecule has 0 bridgehead atoms. The van der Waals surface area contributed by atoms with Gasteiger partial charge in [0.15, 0.2) is 0 Å². The molecule has 0 aromatic carbocycles. The van der Waals surface area contributed by atoms with Gasteiger partial charge in [0.25, 0.3) is 0 Å². The van der Waals surface area contributed by atoms with E-state index >= 15 is 0 Å². The molecule has 1 aliphatic heterocycles. The lowest BCUT2D eigenvalue weighted by Gasteiger charge is -2.38. The van der Waals surface area contributed by atoms with E-state index < -0.39 is 0 Å². The van der Waals surface area contributed by atoms with Gasteiger partial charge in [-0.05, 0) is 19.9 Å². The van der Waals surface area contributed by atoms with Crippen LogP contribution in [0.5, 0.6) is 0 Å². The van der Waals surface area contributed by atoms with E-state index in [2.05, 4.69) is 37.7 Å². The molecule has 0 spiro atoms. The topological polar surface area (TPSA) is 38.2 Å². The van der Waals surface area contributed by atoms with Crippen molar-refractivity contribution in [2.45, 2.75) is 26.0 Å². The quantitative estimate of drug-likeness (QED) is 0.777. The summed E-state index contributed by atoms with van der Waals surface area (Å²) in [5, 5.41) is 0.861. The Morgan fingerprint density at radius 2 is 2.44 bits per heavy atom. The Morgan fingerprint density at radius 1 is 1.62 bits per heavy atom. The van der Waals surface area contributed by atoms with Gasteiger partial charge in [-0.25, -0.2) is 9.97 Å². The van der Waals surface area contributed by atoms with Crippen LogP contribution in [0.2, 0.25) is 0 Å². The molecule has 2 heterocycles. The molecule has 0 radical (unpaired) electrons. The minimum absolute atomic E-state index is 0.242. The number of alkyl halides is 1. The molecule has 0 amide bonds. The molecule has 1 fully saturated rings. The Labute approximate surface area is 104 Å². The number of halogens is 1. The zero-order valence-electron chi connectivity index (χ0n) is 9.56. The van der Waals surface area contributed by atoms with Gasteiger partial charge in [0.1, 0.15) is 11.6 Å². The minimum Gasteiger partial charge on any atom is -0.373 e. The van der Waals surface area contributed by atoms with E-state index in [1.54, 1.807) is 0 Å². The lowest BCUT2D eigenvalue weighted by Crippen LogP contribution is -2.49. The van der Waals surface area contributed by atoms with E-state index in [1.165, 1.54) is 0 Å². The molecule has 1 aliphatic rings. The fourth-order valence-corrected chi connectivity index (χ4v) is 2.23. The van der Waals surface area contributed by atoms with Crippen LogP contribution in [-0.4, -0.2) is 40.6 Å². The summed E-state index contributed by atoms with van der Waals surface area (Å²) in [6, 6.07) is 2.32. The number of aryl methyl sites for hydroxylation is 1. The predicted molar refractivity (Wildman–Crippen MR) is 67.1 cm³/mol. The lowest BCUT2D eigenvalue weighted by molar-refractivity contribution is 0.0376. The van der Waals surface area contributed by atoms with Crippen molar-refractivity contribution >= 4 is 21.7 Å². The lowest BCUT2D eigenvalue weighted by atomic mass is 10.2. The highest BCUT2D eigenvalue weighted by Crippen LogP contribution is 2.20. The second kappa shape index (κ2) is 5.10. The molecule has 1 saturated heterocycles. The van der Waals surface area contributed by atoms with Crippen molar-refractivity contribution in [2.24, 2.45) is 0 Å². The van der Waals surface area contributed by atoms with Crippen LogP contribution in [0.15, 0.2) is 12.3 Å². The Kier molecular flexibility index (Phi) is 3.76. The summed E-state index contributed by atoms with van der Waals surface area (Å²) < 4.78 is 5.69. The number of rotatable bonds is 2. The van der Waals surface area contributed by atoms with Crippen LogP contribution in [0, 0.1) is 6.92 Å². The van der Waals surface area contributed by atoms with Crippen LogP contribution >= 0.6 is 15.9 Å². The third-order valence-electron chi connectivity index (χ3n) is 2.73. The molecule has 88 valence electrons. The number of anilines is 1. The first-order valence-electron chi connectivity index (χ1n) is 5.44. The Morgan fingerprint density at radius 3 is 3.12 bits per heavy atom. The summed E-state index contributed by atoms with van der Waals surface area (Å²) in [6.07, 6.45) is 2.05. The summed E-state index contributed by atoms with van der Waals surface area (Å²) in [5.41, 5.74) is 0. The highest BCUT2D eigenvalue weighted by molar-refractivity contribution is 9.09. The van der Waals surface area contributed by atoms with E-state index in [1.807, 2.05) is 19.2 Å². The van der Waals surface area contributed by atoms with Crippen molar-refractivity contribution in [3.8, 4) is 0 Å². The highest BCUT2D eigenvalue weighted by atomic mass is 79.9. The Hall–Kier alpha value is -0.680. The zero-order chi connectivity index (χ0) is 11.5. The van der Waals surface area contributed by atoms with E-state index in [9.17, 15) is 0 Å². The summed E-state index contributed by atoms with van der Waals surface area (Å²) in [6.45, 7) is 5.70. The first-order valence-corrected chi connectivity index (χ1v) is 6.56. The minimum atomic E-state index is 0.242. The maximum atomic E-state index is 5.69. The molecule has 2 atom stereocenters. The molecule has 16 heavy (non-hydrogen) atoms. The number of ether oxygens (including phenoxy) is 1. The van der Waals surface area contributed by atoms with E-state index in [-0.39, 0.29) is 6.10 Å². The van der Waals surface area contributed by atoms with Crippen LogP contribution in [0.25, 0.3) is 0 Å². The first kappa shape index (κ1) is 11.8. The molecular weight excluding hydrogens is 270 g/mol. The summed E-state index contributed by atoms with van der Waals surface area (Å²) in [4.78, 5) is 10.9. The number of nitrogens with zero attached hydrogens (tertiary/aromatic N) is 3. The monoisotopic (exact) mass is 285 g/mol. The van der Waals surface area contributed by atoms with Crippen LogP contribution in [-0.2, 0) is 4.74 Å². The molecule has 2 unspecified atom stereocenters. The van der Waals surface area contributed by atoms with Gasteiger partial charge in [0.05, 0.1) is 18.8 Å². The third kappa shape index (κ3) is 2.52. The van der Waals surface area contributed by atoms with Gasteiger partial charge in [0.2, 0.25) is 0 Å². The molecule has 1 aromatic rings. The molecule has 4 nitrogen and oxygen atoms in total. The van der Waals surface area contributed by atoms with Gasteiger partial charge >= 0.3 is 0 Å². The smallest absolute Gasteiger partial charge is 0.132 e. The van der Waals surface area contributed by atoms with E-state index in [0.717, 1.165) is 30.1 Å². The maximum absolute atomic E-state index is 5.69. The zero-order valence-corrected chi connectivity index (χ0v) is 11.1. The molecular formula is C11H16BrN3O. The molecule has 5 heteroatoms. The van der Waals surface area contributed by atoms with Crippen molar-refractivity contribution in [1.82, 2.24) is 9.97 Å². The average Bonchev–Trinajstić information content (AvgIpc) is 2.30. The summed E-state index contributed by atoms with van der Waals surface area (Å²) in [5.74, 6) is 1.81. The van der Waals surface area contributed by atoms with Crippen molar-refractivity contribution in [3.05, 3.63) is 18.1 Å². The van der Waals surface area contributed by atoms with Gasteiger partial charge in [0, 0.05) is 18.1 Å². The number of morpholine rings is 1. The van der Waals surface area contributed by atoms with Gasteiger partial charge in [-0.1, -0.05) is 15.9 Å². The molecule has 0 N–H and O–H groups in total. The largest absolute Gasteiger partial charge is 0.373 e. The van der Waals surface area contributed by atoms with Crippen molar-refractivity contribution in [1.29, 1.82) is 0 Å². The highest BCUT2D eigenvalue weighted by Gasteiger charge is 2.26. The van der Waals surface area contributed by atoms with Crippen LogP contribution in [0.1, 0.15) is 12.7 Å². The number of hydrogen-bond donors (Lipinski definition) is 0. The van der Waals surface area contributed by atoms with Crippen molar-refractivity contribution in [3.63, 3.8) is 0 Å². The Bertz CT molecular complexity index is 361. The average molecular weight is 286 g/mol. The van der Waals surface area contributed by atoms with Crippen LogP contribution in [0.4, 0.5) is 5.82 Å². The fourth-order valence-electron chi connectivity index (χ4n) is 1.83. The first-order chi connectivity index (χ1) is 7.70. The van der Waals surface area contributed by atoms with E-state index in [0.29, 0.717) is 6.04 Å². The molecule has 1 aromatic heterocycles. The summed E-state index contributed by atoms with van der Waals surface area (Å²) >= 11 is 3.46. The standard InChI is InChI=1S/C11H16BrN3O/c1-8-7-16-10(5-12)6-15(8)11-3-4-13-9(2)14-11/h3-4,8,10H,5-7H2,1-2H3. The maximum Gasteiger partial charge on any atom is 0.132 e. The van der Waals surface area contributed by atoms with Crippen molar-refractivity contribution in [2.75, 3.05) is 23.4 Å². The second-order valence-corrected chi connectivity index (χ2v) is 4.72. The number of hydrogen-bond acceptors (Lipinski definition) is 4. The SMILES string of the molecule is Cc1nccc(N2CC(CBr)OCC2C)n1. The summed E-state index contributed by atoms with van der Waals surface area (Å²) in [7, 11) is 0. The molecule has 0 saturated carbocycles. The fraction of sp³-hybridized carbons (Fsp3) is 0.636. The Balaban J connectivity index is 2.17. The predicted octanol–water partition coefficient (Wildman–Crippen LogP) is 1.77. The van der Waals surface area contributed by atoms with Gasteiger partial charge < -0.3 is 9.64 Å². The van der Waals surface area contributed by atoms with Gasteiger partial charge in [-0.3, -0.25) is 0 Å². The van der Waals surface area contributed by atoms with Crippen LogP contribution in [0.3, 0.4) is 0 Å². The second-order valence-electron chi connectivity index (χ2n) is 4.07. The van der Waals surface area contributed by atoms with Crippen molar-refractivity contribution < 1.29 is 4.74 Å². The molecule has 0 aliphatic carbocycles.